The number of carbonyl (C=O) groups excluding carboxylic acids is 1. The molecule has 1 saturated heterocycles. The van der Waals surface area contributed by atoms with Crippen LogP contribution in [0, 0.1) is 5.92 Å². The Labute approximate surface area is 190 Å². The van der Waals surface area contributed by atoms with E-state index in [-0.39, 0.29) is 30.6 Å². The van der Waals surface area contributed by atoms with E-state index in [1.807, 2.05) is 17.0 Å². The molecule has 2 aromatic carbocycles. The van der Waals surface area contributed by atoms with E-state index in [9.17, 15) is 9.90 Å². The fourth-order valence-electron chi connectivity index (χ4n) is 5.97. The van der Waals surface area contributed by atoms with Crippen molar-refractivity contribution >= 4 is 11.7 Å². The summed E-state index contributed by atoms with van der Waals surface area (Å²) in [5.74, 6) is 1.06. The Kier molecular flexibility index (Phi) is 5.72. The van der Waals surface area contributed by atoms with Gasteiger partial charge in [-0.15, -0.1) is 0 Å². The average molecular weight is 436 g/mol. The monoisotopic (exact) mass is 435 g/mol. The van der Waals surface area contributed by atoms with Crippen LogP contribution in [-0.2, 0) is 0 Å². The van der Waals surface area contributed by atoms with E-state index < -0.39 is 0 Å². The number of rotatable bonds is 4. The first-order valence-electron chi connectivity index (χ1n) is 11.8. The molecule has 0 radical (unpaired) electrons. The fraction of sp³-hybridized carbons (Fsp3) is 0.500. The summed E-state index contributed by atoms with van der Waals surface area (Å²) < 4.78 is 5.30. The summed E-state index contributed by atoms with van der Waals surface area (Å²) in [5.41, 5.74) is 4.53. The van der Waals surface area contributed by atoms with Crippen LogP contribution in [-0.4, -0.2) is 55.4 Å². The molecule has 3 aliphatic rings. The van der Waals surface area contributed by atoms with Gasteiger partial charge in [0.2, 0.25) is 0 Å². The molecule has 170 valence electrons. The lowest BCUT2D eigenvalue weighted by Gasteiger charge is -2.44. The number of aliphatic hydroxyl groups excluding tert-OH is 1. The zero-order valence-electron chi connectivity index (χ0n) is 19.0. The Morgan fingerprint density at radius 3 is 2.50 bits per heavy atom. The van der Waals surface area contributed by atoms with Crippen LogP contribution in [0.15, 0.2) is 42.5 Å². The first-order chi connectivity index (χ1) is 15.6. The number of hydrogen-bond donors (Lipinski definition) is 2. The number of nitrogens with zero attached hydrogens (tertiary/aromatic N) is 2. The molecule has 0 bridgehead atoms. The first-order valence-corrected chi connectivity index (χ1v) is 11.8. The van der Waals surface area contributed by atoms with Gasteiger partial charge in [0.15, 0.2) is 0 Å². The number of hydrogen-bond acceptors (Lipinski definition) is 4. The minimum absolute atomic E-state index is 0.0158. The van der Waals surface area contributed by atoms with E-state index in [1.165, 1.54) is 18.4 Å². The molecular formula is C26H33N3O3. The van der Waals surface area contributed by atoms with Crippen LogP contribution >= 0.6 is 0 Å². The van der Waals surface area contributed by atoms with Crippen LogP contribution in [0.5, 0.6) is 5.75 Å². The Bertz CT molecular complexity index is 971. The van der Waals surface area contributed by atoms with Gasteiger partial charge in [0.25, 0.3) is 0 Å². The highest BCUT2D eigenvalue weighted by Gasteiger charge is 2.48. The van der Waals surface area contributed by atoms with Crippen LogP contribution in [0.1, 0.15) is 43.7 Å². The van der Waals surface area contributed by atoms with Crippen molar-refractivity contribution in [2.24, 2.45) is 5.92 Å². The highest BCUT2D eigenvalue weighted by molar-refractivity contribution is 5.78. The summed E-state index contributed by atoms with van der Waals surface area (Å²) >= 11 is 0. The molecule has 2 aliphatic heterocycles. The van der Waals surface area contributed by atoms with Crippen molar-refractivity contribution in [2.75, 3.05) is 32.2 Å². The SMILES string of the molecule is COc1ccc(-c2ccc3c(c2)[C@@H]2[C@@H](CCN2C(=O)NC2CCCC2)[C@@H](CO)N3C)cc1. The molecule has 32 heavy (non-hydrogen) atoms. The number of fused-ring (bicyclic) bond motifs is 3. The van der Waals surface area contributed by atoms with Gasteiger partial charge in [0, 0.05) is 31.2 Å². The minimum Gasteiger partial charge on any atom is -0.497 e. The average Bonchev–Trinajstić information content (AvgIpc) is 3.49. The van der Waals surface area contributed by atoms with Crippen molar-refractivity contribution in [3.63, 3.8) is 0 Å². The van der Waals surface area contributed by atoms with E-state index in [0.717, 1.165) is 48.4 Å². The third kappa shape index (κ3) is 3.60. The van der Waals surface area contributed by atoms with E-state index >= 15 is 0 Å². The molecule has 1 aliphatic carbocycles. The smallest absolute Gasteiger partial charge is 0.318 e. The maximum absolute atomic E-state index is 13.3. The van der Waals surface area contributed by atoms with Gasteiger partial charge in [-0.3, -0.25) is 0 Å². The largest absolute Gasteiger partial charge is 0.497 e. The van der Waals surface area contributed by atoms with Crippen LogP contribution in [0.2, 0.25) is 0 Å². The first kappa shape index (κ1) is 21.1. The second kappa shape index (κ2) is 8.66. The molecule has 5 rings (SSSR count). The molecule has 0 unspecified atom stereocenters. The lowest BCUT2D eigenvalue weighted by Crippen LogP contribution is -2.50. The topological polar surface area (TPSA) is 65.0 Å². The number of benzene rings is 2. The maximum atomic E-state index is 13.3. The summed E-state index contributed by atoms with van der Waals surface area (Å²) in [4.78, 5) is 17.5. The summed E-state index contributed by atoms with van der Waals surface area (Å²) in [7, 11) is 3.73. The van der Waals surface area contributed by atoms with Gasteiger partial charge in [-0.2, -0.15) is 0 Å². The van der Waals surface area contributed by atoms with E-state index in [4.69, 9.17) is 4.74 Å². The van der Waals surface area contributed by atoms with Gasteiger partial charge in [-0.1, -0.05) is 31.0 Å². The summed E-state index contributed by atoms with van der Waals surface area (Å²) in [5, 5.41) is 13.5. The molecule has 0 aromatic heterocycles. The van der Waals surface area contributed by atoms with E-state index in [0.29, 0.717) is 6.04 Å². The van der Waals surface area contributed by atoms with Gasteiger partial charge < -0.3 is 25.0 Å². The molecule has 0 spiro atoms. The summed E-state index contributed by atoms with van der Waals surface area (Å²) in [6, 6.07) is 14.9. The molecule has 2 N–H and O–H groups in total. The third-order valence-corrected chi connectivity index (χ3v) is 7.72. The lowest BCUT2D eigenvalue weighted by atomic mass is 9.81. The highest BCUT2D eigenvalue weighted by Crippen LogP contribution is 2.49. The van der Waals surface area contributed by atoms with Gasteiger partial charge in [-0.05, 0) is 60.2 Å². The number of likely N-dealkylation sites (N-methyl/N-ethyl adjacent to an activating group) is 1. The third-order valence-electron chi connectivity index (χ3n) is 7.72. The van der Waals surface area contributed by atoms with Gasteiger partial charge >= 0.3 is 6.03 Å². The van der Waals surface area contributed by atoms with Crippen LogP contribution in [0.25, 0.3) is 11.1 Å². The van der Waals surface area contributed by atoms with E-state index in [2.05, 4.69) is 47.6 Å². The number of anilines is 1. The normalized spacial score (nSPS) is 24.9. The van der Waals surface area contributed by atoms with Crippen molar-refractivity contribution in [1.29, 1.82) is 0 Å². The van der Waals surface area contributed by atoms with Gasteiger partial charge in [0.1, 0.15) is 5.75 Å². The van der Waals surface area contributed by atoms with Gasteiger partial charge in [0.05, 0.1) is 25.8 Å². The summed E-state index contributed by atoms with van der Waals surface area (Å²) in [6.07, 6.45) is 5.46. The van der Waals surface area contributed by atoms with Crippen LogP contribution in [0.3, 0.4) is 0 Å². The number of aliphatic hydroxyl groups is 1. The molecule has 1 saturated carbocycles. The Balaban J connectivity index is 1.51. The number of ether oxygens (including phenoxy) is 1. The van der Waals surface area contributed by atoms with Crippen molar-refractivity contribution in [1.82, 2.24) is 10.2 Å². The van der Waals surface area contributed by atoms with Crippen LogP contribution < -0.4 is 15.0 Å². The number of amides is 2. The maximum Gasteiger partial charge on any atom is 0.318 e. The molecule has 2 amide bonds. The molecule has 6 heteroatoms. The Morgan fingerprint density at radius 2 is 1.81 bits per heavy atom. The highest BCUT2D eigenvalue weighted by atomic mass is 16.5. The number of nitrogens with one attached hydrogen (secondary N) is 1. The van der Waals surface area contributed by atoms with Crippen molar-refractivity contribution in [2.45, 2.75) is 50.2 Å². The second-order valence-corrected chi connectivity index (χ2v) is 9.38. The van der Waals surface area contributed by atoms with Crippen molar-refractivity contribution in [3.8, 4) is 16.9 Å². The van der Waals surface area contributed by atoms with Gasteiger partial charge in [-0.25, -0.2) is 4.79 Å². The Hall–Kier alpha value is -2.73. The number of likely N-dealkylation sites (tertiary alicyclic amines) is 1. The lowest BCUT2D eigenvalue weighted by molar-refractivity contribution is 0.158. The summed E-state index contributed by atoms with van der Waals surface area (Å²) in [6.45, 7) is 0.819. The molecule has 2 fully saturated rings. The molecule has 3 atom stereocenters. The van der Waals surface area contributed by atoms with Crippen molar-refractivity contribution < 1.29 is 14.6 Å². The predicted molar refractivity (Wildman–Crippen MR) is 126 cm³/mol. The molecular weight excluding hydrogens is 402 g/mol. The number of urea groups is 1. The predicted octanol–water partition coefficient (Wildman–Crippen LogP) is 4.19. The minimum atomic E-state index is -0.0158. The Morgan fingerprint density at radius 1 is 1.09 bits per heavy atom. The second-order valence-electron chi connectivity index (χ2n) is 9.38. The molecule has 2 aromatic rings. The van der Waals surface area contributed by atoms with E-state index in [1.54, 1.807) is 7.11 Å². The standard InChI is InChI=1S/C26H33N3O3/c1-28-23-12-9-18(17-7-10-20(32-2)11-8-17)15-22(23)25-21(24(28)16-30)13-14-29(25)26(31)27-19-5-3-4-6-19/h7-12,15,19,21,24-25,30H,3-6,13-14,16H2,1-2H3,(H,27,31)/t21-,24+,25-/m0/s1. The number of methoxy groups -OCH3 is 1. The number of carbonyl (C=O) groups is 1. The molecule has 6 nitrogen and oxygen atoms in total. The zero-order chi connectivity index (χ0) is 22.2. The zero-order valence-corrected chi connectivity index (χ0v) is 19.0. The van der Waals surface area contributed by atoms with Crippen molar-refractivity contribution in [3.05, 3.63) is 48.0 Å². The fourth-order valence-corrected chi connectivity index (χ4v) is 5.97. The molecule has 2 heterocycles. The quantitative estimate of drug-likeness (QED) is 0.756. The van der Waals surface area contributed by atoms with Crippen LogP contribution in [0.4, 0.5) is 10.5 Å².